The summed E-state index contributed by atoms with van der Waals surface area (Å²) in [6.45, 7) is 4.61. The van der Waals surface area contributed by atoms with Crippen molar-refractivity contribution in [1.29, 1.82) is 0 Å². The molecule has 0 bridgehead atoms. The lowest BCUT2D eigenvalue weighted by atomic mass is 10.3. The highest BCUT2D eigenvalue weighted by Crippen LogP contribution is 2.23. The zero-order chi connectivity index (χ0) is 9.02. The van der Waals surface area contributed by atoms with E-state index in [4.69, 9.17) is 0 Å². The molecule has 0 amide bonds. The highest BCUT2D eigenvalue weighted by molar-refractivity contribution is 14.3. The molecule has 0 fully saturated rings. The van der Waals surface area contributed by atoms with Crippen molar-refractivity contribution in [2.24, 2.45) is 0 Å². The van der Waals surface area contributed by atoms with Crippen LogP contribution in [0.5, 0.6) is 0 Å². The molecule has 0 aliphatic heterocycles. The van der Waals surface area contributed by atoms with Gasteiger partial charge in [0.2, 0.25) is 0 Å². The summed E-state index contributed by atoms with van der Waals surface area (Å²) in [7, 11) is 0. The maximum atomic E-state index is 2.71. The van der Waals surface area contributed by atoms with Gasteiger partial charge in [-0.3, -0.25) is 0 Å². The first-order valence-electron chi connectivity index (χ1n) is 3.15. The average molecular weight is 635 g/mol. The molecular weight excluding hydrogens is 626 g/mol. The lowest BCUT2D eigenvalue weighted by molar-refractivity contribution is 0.505. The van der Waals surface area contributed by atoms with Crippen molar-refractivity contribution in [2.45, 2.75) is 26.3 Å². The Morgan fingerprint density at radius 2 is 1.55 bits per heavy atom. The summed E-state index contributed by atoms with van der Waals surface area (Å²) in [5, 5.41) is 0. The summed E-state index contributed by atoms with van der Waals surface area (Å²) < 4.78 is 2.15. The minimum Gasteiger partial charge on any atom is -0.311 e. The fourth-order valence-electron chi connectivity index (χ4n) is 0.580. The molecule has 11 heavy (non-hydrogen) atoms. The molecule has 2 radical (unpaired) electrons. The number of rotatable bonds is 4. The predicted octanol–water partition coefficient (Wildman–Crippen LogP) is 3.80. The van der Waals surface area contributed by atoms with Crippen molar-refractivity contribution < 1.29 is 0 Å². The molecule has 1 unspecified atom stereocenters. The van der Waals surface area contributed by atoms with Gasteiger partial charge in [0.05, 0.1) is 0 Å². The lowest BCUT2D eigenvalue weighted by Crippen LogP contribution is -2.43. The normalized spacial score (nSPS) is 15.0. The molecule has 0 saturated heterocycles. The molecular formula is C4H9I4NSi2. The van der Waals surface area contributed by atoms with Crippen LogP contribution in [0.2, 0.25) is 0 Å². The smallest absolute Gasteiger partial charge is 0.284 e. The van der Waals surface area contributed by atoms with E-state index in [1.807, 2.05) is 0 Å². The first-order valence-corrected chi connectivity index (χ1v) is 18.5. The maximum Gasteiger partial charge on any atom is 0.284 e. The van der Waals surface area contributed by atoms with Crippen LogP contribution in [-0.4, -0.2) is 18.2 Å². The van der Waals surface area contributed by atoms with E-state index in [0.29, 0.717) is 0 Å². The topological polar surface area (TPSA) is 3.24 Å². The molecule has 0 saturated carbocycles. The molecule has 0 aromatic heterocycles. The minimum absolute atomic E-state index is 0.280. The van der Waals surface area contributed by atoms with Crippen LogP contribution in [0.1, 0.15) is 20.3 Å². The lowest BCUT2D eigenvalue weighted by Gasteiger charge is -2.29. The van der Waals surface area contributed by atoms with E-state index in [0.717, 1.165) is 6.04 Å². The van der Waals surface area contributed by atoms with E-state index in [1.165, 1.54) is 6.42 Å². The van der Waals surface area contributed by atoms with Crippen LogP contribution < -0.4 is 0 Å². The monoisotopic (exact) mass is 635 g/mol. The Morgan fingerprint density at radius 3 is 1.64 bits per heavy atom. The second-order valence-corrected chi connectivity index (χ2v) is 29.1. The van der Waals surface area contributed by atoms with E-state index in [-0.39, 0.29) is 7.90 Å². The van der Waals surface area contributed by atoms with Gasteiger partial charge in [-0.2, -0.15) is 0 Å². The summed E-state index contributed by atoms with van der Waals surface area (Å²) in [4.78, 5) is 0. The number of hydrogen-bond donors (Lipinski definition) is 0. The Morgan fingerprint density at radius 1 is 1.18 bits per heavy atom. The van der Waals surface area contributed by atoms with Gasteiger partial charge in [-0.1, -0.05) is 101 Å². The fraction of sp³-hybridized carbons (Fsp3) is 1.00. The maximum absolute atomic E-state index is 2.71. The summed E-state index contributed by atoms with van der Waals surface area (Å²) in [6.07, 6.45) is 1.28. The Balaban J connectivity index is 4.09. The standard InChI is InChI=1S/C4H9I4NSi2/c1-3-4(2)9(10(5)6)11(7)8/h4H,3H2,1-2H3. The third-order valence-electron chi connectivity index (χ3n) is 1.40. The zero-order valence-electron chi connectivity index (χ0n) is 6.24. The Bertz CT molecular complexity index is 104. The minimum atomic E-state index is -0.280. The van der Waals surface area contributed by atoms with E-state index < -0.39 is 0 Å². The molecule has 0 aliphatic rings. The third kappa shape index (κ3) is 5.69. The fourth-order valence-corrected chi connectivity index (χ4v) is 33.1. The molecule has 1 atom stereocenters. The number of halogens is 4. The van der Waals surface area contributed by atoms with Gasteiger partial charge in [0, 0.05) is 0 Å². The molecule has 0 aromatic rings. The summed E-state index contributed by atoms with van der Waals surface area (Å²) in [5.41, 5.74) is 0. The first kappa shape index (κ1) is 14.3. The largest absolute Gasteiger partial charge is 0.311 e. The molecule has 0 heterocycles. The zero-order valence-corrected chi connectivity index (χ0v) is 16.9. The highest BCUT2D eigenvalue weighted by Gasteiger charge is 2.26. The SMILES string of the molecule is CCC(C)N([Si](I)I)[Si](I)I. The van der Waals surface area contributed by atoms with Crippen LogP contribution in [0.4, 0.5) is 0 Å². The molecule has 7 heteroatoms. The van der Waals surface area contributed by atoms with Crippen molar-refractivity contribution in [3.05, 3.63) is 0 Å². The summed E-state index contributed by atoms with van der Waals surface area (Å²) in [6, 6.07) is 0.778. The molecule has 0 aliphatic carbocycles. The van der Waals surface area contributed by atoms with Crippen LogP contribution in [0.15, 0.2) is 0 Å². The molecule has 66 valence electrons. The number of nitrogens with zero attached hydrogens (tertiary/aromatic N) is 1. The van der Waals surface area contributed by atoms with E-state index in [1.54, 1.807) is 0 Å². The molecule has 1 nitrogen and oxygen atoms in total. The van der Waals surface area contributed by atoms with Gasteiger partial charge < -0.3 is 4.23 Å². The first-order chi connectivity index (χ1) is 5.00. The summed E-state index contributed by atoms with van der Waals surface area (Å²) >= 11 is 10.4. The van der Waals surface area contributed by atoms with Crippen LogP contribution in [0.3, 0.4) is 0 Å². The van der Waals surface area contributed by atoms with Gasteiger partial charge in [-0.15, -0.1) is 0 Å². The summed E-state index contributed by atoms with van der Waals surface area (Å²) in [5.74, 6) is 0. The molecule has 0 rings (SSSR count). The van der Waals surface area contributed by atoms with E-state index in [2.05, 4.69) is 105 Å². The van der Waals surface area contributed by atoms with Crippen molar-refractivity contribution in [3.8, 4) is 0 Å². The van der Waals surface area contributed by atoms with E-state index >= 15 is 0 Å². The van der Waals surface area contributed by atoms with Gasteiger partial charge in [0.25, 0.3) is 7.90 Å². The van der Waals surface area contributed by atoms with Gasteiger partial charge in [-0.25, -0.2) is 0 Å². The Labute approximate surface area is 123 Å². The van der Waals surface area contributed by atoms with Gasteiger partial charge in [0.1, 0.15) is 0 Å². The van der Waals surface area contributed by atoms with Crippen LogP contribution in [0.25, 0.3) is 0 Å². The predicted molar refractivity (Wildman–Crippen MR) is 89.2 cm³/mol. The van der Waals surface area contributed by atoms with E-state index in [9.17, 15) is 0 Å². The van der Waals surface area contributed by atoms with Crippen molar-refractivity contribution in [1.82, 2.24) is 4.23 Å². The third-order valence-corrected chi connectivity index (χ3v) is 16.0. The van der Waals surface area contributed by atoms with Gasteiger partial charge >= 0.3 is 0 Å². The van der Waals surface area contributed by atoms with Crippen molar-refractivity contribution >= 4 is 95.1 Å². The second-order valence-electron chi connectivity index (χ2n) is 2.11. The second kappa shape index (κ2) is 7.59. The van der Waals surface area contributed by atoms with Crippen LogP contribution >= 0.6 is 87.2 Å². The van der Waals surface area contributed by atoms with Crippen LogP contribution in [0, 0.1) is 0 Å². The van der Waals surface area contributed by atoms with Crippen molar-refractivity contribution in [2.75, 3.05) is 0 Å². The Hall–Kier alpha value is 3.31. The quantitative estimate of drug-likeness (QED) is 0.259. The number of hydrogen-bond acceptors (Lipinski definition) is 1. The molecule has 0 aromatic carbocycles. The van der Waals surface area contributed by atoms with Gasteiger partial charge in [0.15, 0.2) is 0 Å². The molecule has 0 N–H and O–H groups in total. The van der Waals surface area contributed by atoms with Crippen LogP contribution in [-0.2, 0) is 0 Å². The highest BCUT2D eigenvalue weighted by atomic mass is 127. The van der Waals surface area contributed by atoms with Crippen molar-refractivity contribution in [3.63, 3.8) is 0 Å². The average Bonchev–Trinajstić information content (AvgIpc) is 1.85. The van der Waals surface area contributed by atoms with Gasteiger partial charge in [-0.05, 0) is 12.5 Å². The molecule has 0 spiro atoms. The Kier molecular flexibility index (Phi) is 9.87.